The first kappa shape index (κ1) is 14.2. The van der Waals surface area contributed by atoms with E-state index >= 15 is 0 Å². The lowest BCUT2D eigenvalue weighted by Crippen LogP contribution is -2.40. The molecule has 0 spiro atoms. The number of benzene rings is 1. The van der Waals surface area contributed by atoms with Crippen molar-refractivity contribution in [2.45, 2.75) is 62.9 Å². The predicted octanol–water partition coefficient (Wildman–Crippen LogP) is 3.86. The summed E-state index contributed by atoms with van der Waals surface area (Å²) >= 11 is 0. The normalized spacial score (nSPS) is 29.8. The van der Waals surface area contributed by atoms with E-state index < -0.39 is 0 Å². The Kier molecular flexibility index (Phi) is 3.96. The van der Waals surface area contributed by atoms with Crippen LogP contribution < -0.4 is 0 Å². The molecule has 0 unspecified atom stereocenters. The van der Waals surface area contributed by atoms with Gasteiger partial charge in [0.05, 0.1) is 0 Å². The van der Waals surface area contributed by atoms with Gasteiger partial charge in [-0.05, 0) is 55.8 Å². The molecule has 1 saturated heterocycles. The Morgan fingerprint density at radius 2 is 1.85 bits per heavy atom. The van der Waals surface area contributed by atoms with E-state index in [1.807, 2.05) is 12.1 Å². The van der Waals surface area contributed by atoms with E-state index in [9.17, 15) is 5.11 Å². The predicted molar refractivity (Wildman–Crippen MR) is 83.8 cm³/mol. The van der Waals surface area contributed by atoms with E-state index in [4.69, 9.17) is 0 Å². The van der Waals surface area contributed by atoms with Crippen molar-refractivity contribution < 1.29 is 5.11 Å². The lowest BCUT2D eigenvalue weighted by Gasteiger charge is -2.36. The number of hydrogen-bond donors (Lipinski definition) is 1. The standard InChI is InChI=1S/C17H23NO.ClH/c19-17-7-3-6-13-14-10-11-18(12-4-1-2-5-12)16(14)9-8-15(13)17;/h3,6-7,12,14,16,19H,1-2,4-5,8-11H2;1H/t14-,16+;/m1./s1. The molecule has 1 aromatic rings. The summed E-state index contributed by atoms with van der Waals surface area (Å²) in [5, 5.41) is 10.0. The van der Waals surface area contributed by atoms with Crippen LogP contribution in [0.25, 0.3) is 0 Å². The molecule has 3 heteroatoms. The maximum absolute atomic E-state index is 10.0. The molecule has 0 aromatic heterocycles. The third-order valence-corrected chi connectivity index (χ3v) is 5.66. The van der Waals surface area contributed by atoms with Crippen LogP contribution in [0.4, 0.5) is 0 Å². The molecule has 2 nitrogen and oxygen atoms in total. The molecule has 1 aliphatic heterocycles. The molecule has 4 rings (SSSR count). The van der Waals surface area contributed by atoms with Crippen molar-refractivity contribution in [2.75, 3.05) is 6.54 Å². The van der Waals surface area contributed by atoms with E-state index in [2.05, 4.69) is 11.0 Å². The summed E-state index contributed by atoms with van der Waals surface area (Å²) in [6.07, 6.45) is 9.27. The second kappa shape index (κ2) is 5.57. The summed E-state index contributed by atoms with van der Waals surface area (Å²) in [5.41, 5.74) is 2.67. The summed E-state index contributed by atoms with van der Waals surface area (Å²) in [7, 11) is 0. The summed E-state index contributed by atoms with van der Waals surface area (Å²) in [6, 6.07) is 7.73. The van der Waals surface area contributed by atoms with Crippen LogP contribution in [0.3, 0.4) is 0 Å². The van der Waals surface area contributed by atoms with Crippen molar-refractivity contribution in [2.24, 2.45) is 0 Å². The van der Waals surface area contributed by atoms with Crippen molar-refractivity contribution in [3.63, 3.8) is 0 Å². The fraction of sp³-hybridized carbons (Fsp3) is 0.647. The first-order valence-electron chi connectivity index (χ1n) is 7.91. The van der Waals surface area contributed by atoms with Crippen LogP contribution in [-0.2, 0) is 6.42 Å². The number of likely N-dealkylation sites (tertiary alicyclic amines) is 1. The summed E-state index contributed by atoms with van der Waals surface area (Å²) in [6.45, 7) is 1.27. The number of fused-ring (bicyclic) bond motifs is 3. The van der Waals surface area contributed by atoms with Gasteiger partial charge in [-0.1, -0.05) is 25.0 Å². The molecular weight excluding hydrogens is 270 g/mol. The van der Waals surface area contributed by atoms with E-state index in [1.165, 1.54) is 56.2 Å². The Hall–Kier alpha value is -0.730. The largest absolute Gasteiger partial charge is 0.508 e. The lowest BCUT2D eigenvalue weighted by atomic mass is 9.79. The van der Waals surface area contributed by atoms with Gasteiger partial charge in [0.1, 0.15) is 5.75 Å². The van der Waals surface area contributed by atoms with Gasteiger partial charge in [-0.25, -0.2) is 0 Å². The summed E-state index contributed by atoms with van der Waals surface area (Å²) < 4.78 is 0. The van der Waals surface area contributed by atoms with Gasteiger partial charge >= 0.3 is 0 Å². The minimum atomic E-state index is 0. The Labute approximate surface area is 127 Å². The molecule has 0 amide bonds. The fourth-order valence-electron chi connectivity index (χ4n) is 4.80. The maximum Gasteiger partial charge on any atom is 0.119 e. The van der Waals surface area contributed by atoms with E-state index in [0.29, 0.717) is 11.7 Å². The van der Waals surface area contributed by atoms with E-state index in [0.717, 1.165) is 18.5 Å². The average molecular weight is 294 g/mol. The van der Waals surface area contributed by atoms with Crippen LogP contribution in [0, 0.1) is 0 Å². The number of rotatable bonds is 1. The van der Waals surface area contributed by atoms with Gasteiger partial charge in [0, 0.05) is 18.0 Å². The quantitative estimate of drug-likeness (QED) is 0.850. The number of aromatic hydroxyl groups is 1. The molecule has 1 N–H and O–H groups in total. The van der Waals surface area contributed by atoms with Crippen LogP contribution in [0.5, 0.6) is 5.75 Å². The zero-order valence-electron chi connectivity index (χ0n) is 11.9. The molecule has 0 bridgehead atoms. The van der Waals surface area contributed by atoms with Crippen molar-refractivity contribution in [1.82, 2.24) is 4.90 Å². The molecule has 2 atom stereocenters. The van der Waals surface area contributed by atoms with Crippen molar-refractivity contribution >= 4 is 12.4 Å². The topological polar surface area (TPSA) is 23.5 Å². The van der Waals surface area contributed by atoms with Crippen LogP contribution in [0.2, 0.25) is 0 Å². The third-order valence-electron chi connectivity index (χ3n) is 5.66. The minimum absolute atomic E-state index is 0. The molecule has 1 aromatic carbocycles. The molecule has 110 valence electrons. The highest BCUT2D eigenvalue weighted by atomic mass is 35.5. The molecular formula is C17H24ClNO. The highest BCUT2D eigenvalue weighted by Gasteiger charge is 2.42. The summed E-state index contributed by atoms with van der Waals surface area (Å²) in [4.78, 5) is 2.81. The Morgan fingerprint density at radius 3 is 2.65 bits per heavy atom. The third kappa shape index (κ3) is 2.14. The average Bonchev–Trinajstić information content (AvgIpc) is 3.07. The van der Waals surface area contributed by atoms with Crippen LogP contribution in [-0.4, -0.2) is 28.6 Å². The van der Waals surface area contributed by atoms with Crippen LogP contribution in [0.15, 0.2) is 18.2 Å². The second-order valence-corrected chi connectivity index (χ2v) is 6.52. The molecule has 0 radical (unpaired) electrons. The molecule has 2 aliphatic carbocycles. The molecule has 1 saturated carbocycles. The van der Waals surface area contributed by atoms with Crippen LogP contribution >= 0.6 is 12.4 Å². The fourth-order valence-corrected chi connectivity index (χ4v) is 4.80. The number of hydrogen-bond acceptors (Lipinski definition) is 2. The molecule has 2 fully saturated rings. The zero-order chi connectivity index (χ0) is 12.8. The number of phenols is 1. The monoisotopic (exact) mass is 293 g/mol. The van der Waals surface area contributed by atoms with Gasteiger partial charge in [0.25, 0.3) is 0 Å². The SMILES string of the molecule is Cl.Oc1cccc2c1CC[C@H]1[C@@H]2CCN1C1CCCC1. The van der Waals surface area contributed by atoms with Crippen molar-refractivity contribution in [3.05, 3.63) is 29.3 Å². The smallest absolute Gasteiger partial charge is 0.119 e. The molecule has 3 aliphatic rings. The van der Waals surface area contributed by atoms with Crippen LogP contribution in [0.1, 0.15) is 55.6 Å². The minimum Gasteiger partial charge on any atom is -0.508 e. The second-order valence-electron chi connectivity index (χ2n) is 6.52. The van der Waals surface area contributed by atoms with Gasteiger partial charge in [-0.2, -0.15) is 0 Å². The Balaban J connectivity index is 0.00000121. The van der Waals surface area contributed by atoms with E-state index in [-0.39, 0.29) is 12.4 Å². The first-order chi connectivity index (χ1) is 9.34. The van der Waals surface area contributed by atoms with Gasteiger partial charge in [-0.15, -0.1) is 12.4 Å². The highest BCUT2D eigenvalue weighted by molar-refractivity contribution is 5.85. The number of halogens is 1. The maximum atomic E-state index is 10.0. The molecule has 1 heterocycles. The van der Waals surface area contributed by atoms with Gasteiger partial charge in [0.15, 0.2) is 0 Å². The van der Waals surface area contributed by atoms with Gasteiger partial charge in [-0.3, -0.25) is 4.90 Å². The van der Waals surface area contributed by atoms with Crippen molar-refractivity contribution in [3.8, 4) is 5.75 Å². The lowest BCUT2D eigenvalue weighted by molar-refractivity contribution is 0.163. The summed E-state index contributed by atoms with van der Waals surface area (Å²) in [5.74, 6) is 1.20. The highest BCUT2D eigenvalue weighted by Crippen LogP contribution is 2.45. The zero-order valence-corrected chi connectivity index (χ0v) is 12.7. The number of nitrogens with zero attached hydrogens (tertiary/aromatic N) is 1. The van der Waals surface area contributed by atoms with E-state index in [1.54, 1.807) is 0 Å². The Bertz CT molecular complexity index is 484. The van der Waals surface area contributed by atoms with Gasteiger partial charge in [0.2, 0.25) is 0 Å². The van der Waals surface area contributed by atoms with Crippen molar-refractivity contribution in [1.29, 1.82) is 0 Å². The first-order valence-corrected chi connectivity index (χ1v) is 7.91. The Morgan fingerprint density at radius 1 is 1.05 bits per heavy atom. The van der Waals surface area contributed by atoms with Gasteiger partial charge < -0.3 is 5.11 Å². The molecule has 20 heavy (non-hydrogen) atoms. The number of phenolic OH excluding ortho intramolecular Hbond substituents is 1.